The molecular formula is C19H22F2N4O3S. The summed E-state index contributed by atoms with van der Waals surface area (Å²) in [4.78, 5) is 10.6. The second-order valence-electron chi connectivity index (χ2n) is 7.60. The van der Waals surface area contributed by atoms with E-state index in [1.54, 1.807) is 17.9 Å². The van der Waals surface area contributed by atoms with Gasteiger partial charge in [-0.2, -0.15) is 8.78 Å². The zero-order chi connectivity index (χ0) is 21.1. The van der Waals surface area contributed by atoms with Crippen LogP contribution < -0.4 is 9.64 Å². The van der Waals surface area contributed by atoms with Crippen LogP contribution in [0.5, 0.6) is 5.75 Å². The average Bonchev–Trinajstić information content (AvgIpc) is 2.98. The molecule has 1 fully saturated rings. The van der Waals surface area contributed by atoms with Crippen molar-refractivity contribution in [1.82, 2.24) is 9.97 Å². The Kier molecular flexibility index (Phi) is 4.54. The molecule has 3 atom stereocenters. The summed E-state index contributed by atoms with van der Waals surface area (Å²) < 4.78 is 54.5. The van der Waals surface area contributed by atoms with E-state index in [0.717, 1.165) is 0 Å². The Morgan fingerprint density at radius 3 is 2.66 bits per heavy atom. The van der Waals surface area contributed by atoms with Crippen molar-refractivity contribution in [3.63, 3.8) is 0 Å². The molecule has 2 aliphatic rings. The molecule has 7 nitrogen and oxygen atoms in total. The number of aliphatic hydroxyl groups excluding tert-OH is 1. The van der Waals surface area contributed by atoms with Crippen molar-refractivity contribution in [1.29, 1.82) is 4.78 Å². The number of benzene rings is 1. The number of nitrogens with zero attached hydrogens (tertiary/aromatic N) is 3. The minimum Gasteiger partial charge on any atom is -0.497 e. The number of β-amino-alcohol motifs (C(OH)–C–C–N with tert-alkyl or cyclic N) is 1. The number of aromatic nitrogens is 2. The molecule has 1 aliphatic carbocycles. The number of rotatable bonds is 4. The van der Waals surface area contributed by atoms with Crippen LogP contribution in [0, 0.1) is 4.78 Å². The first kappa shape index (κ1) is 20.0. The molecular weight excluding hydrogens is 402 g/mol. The van der Waals surface area contributed by atoms with E-state index >= 15 is 0 Å². The molecule has 2 N–H and O–H groups in total. The zero-order valence-electron chi connectivity index (χ0n) is 16.3. The predicted octanol–water partition coefficient (Wildman–Crippen LogP) is 2.80. The highest BCUT2D eigenvalue weighted by molar-refractivity contribution is 7.91. The van der Waals surface area contributed by atoms with Crippen LogP contribution >= 0.6 is 0 Å². The van der Waals surface area contributed by atoms with Crippen molar-refractivity contribution >= 4 is 15.7 Å². The lowest BCUT2D eigenvalue weighted by atomic mass is 10.0. The first-order chi connectivity index (χ1) is 13.5. The summed E-state index contributed by atoms with van der Waals surface area (Å²) in [6.07, 6.45) is 0.488. The van der Waals surface area contributed by atoms with E-state index in [2.05, 4.69) is 9.97 Å². The lowest BCUT2D eigenvalue weighted by Crippen LogP contribution is -2.59. The van der Waals surface area contributed by atoms with Gasteiger partial charge in [0.15, 0.2) is 0 Å². The Labute approximate surface area is 167 Å². The van der Waals surface area contributed by atoms with Crippen LogP contribution in [0.15, 0.2) is 23.1 Å². The van der Waals surface area contributed by atoms with Crippen molar-refractivity contribution in [3.8, 4) is 17.0 Å². The molecule has 1 saturated heterocycles. The number of anilines is 1. The second kappa shape index (κ2) is 6.60. The first-order valence-electron chi connectivity index (χ1n) is 9.18. The summed E-state index contributed by atoms with van der Waals surface area (Å²) >= 11 is 0. The van der Waals surface area contributed by atoms with Crippen molar-refractivity contribution in [3.05, 3.63) is 29.5 Å². The van der Waals surface area contributed by atoms with Gasteiger partial charge in [0, 0.05) is 30.3 Å². The summed E-state index contributed by atoms with van der Waals surface area (Å²) in [7, 11) is -1.61. The van der Waals surface area contributed by atoms with Gasteiger partial charge in [0.05, 0.1) is 39.6 Å². The van der Waals surface area contributed by atoms with E-state index in [1.807, 2.05) is 0 Å². The molecule has 1 aromatic carbocycles. The summed E-state index contributed by atoms with van der Waals surface area (Å²) in [5, 5.41) is 9.81. The fourth-order valence-electron chi connectivity index (χ4n) is 3.68. The van der Waals surface area contributed by atoms with Gasteiger partial charge >= 0.3 is 0 Å². The highest BCUT2D eigenvalue weighted by Gasteiger charge is 2.45. The Bertz CT molecular complexity index is 1090. The summed E-state index contributed by atoms with van der Waals surface area (Å²) in [5.74, 6) is -2.57. The first-order valence-corrected chi connectivity index (χ1v) is 11.1. The van der Waals surface area contributed by atoms with Gasteiger partial charge in [0.2, 0.25) is 5.95 Å². The van der Waals surface area contributed by atoms with Crippen LogP contribution in [0.4, 0.5) is 14.7 Å². The third-order valence-corrected chi connectivity index (χ3v) is 6.69. The lowest BCUT2D eigenvalue weighted by Gasteiger charge is -2.43. The molecule has 0 radical (unpaired) electrons. The van der Waals surface area contributed by atoms with Gasteiger partial charge < -0.3 is 14.7 Å². The molecule has 0 amide bonds. The molecule has 1 aromatic heterocycles. The van der Waals surface area contributed by atoms with Gasteiger partial charge in [0.1, 0.15) is 11.4 Å². The van der Waals surface area contributed by atoms with E-state index in [9.17, 15) is 18.1 Å². The molecule has 2 aromatic rings. The highest BCUT2D eigenvalue weighted by Crippen LogP contribution is 2.45. The van der Waals surface area contributed by atoms with E-state index in [-0.39, 0.29) is 42.0 Å². The maximum absolute atomic E-state index is 14.5. The topological polar surface area (TPSA) is 99.4 Å². The van der Waals surface area contributed by atoms with Crippen molar-refractivity contribution in [2.75, 3.05) is 24.8 Å². The minimum absolute atomic E-state index is 0.116. The number of hydrogen-bond donors (Lipinski definition) is 2. The summed E-state index contributed by atoms with van der Waals surface area (Å²) in [6, 6.07) is 4.39. The number of nitrogens with one attached hydrogen (secondary N) is 1. The van der Waals surface area contributed by atoms with Crippen LogP contribution in [-0.2, 0) is 22.1 Å². The van der Waals surface area contributed by atoms with Crippen molar-refractivity contribution in [2.45, 2.75) is 42.7 Å². The standard InChI is InChI=1S/C19H22F2N4O3S/c1-10-15(26)9-25(10)18-23-16(14-4-5-19(20,21)17(14)24-18)11-6-12(28-2)8-13(7-11)29(3,22)27/h6-8,10,15,22,26H,4-5,9H2,1-3H3/t10-,15+,29?/m0/s1. The number of ether oxygens (including phenoxy) is 1. The van der Waals surface area contributed by atoms with E-state index < -0.39 is 21.8 Å². The van der Waals surface area contributed by atoms with Gasteiger partial charge in [-0.15, -0.1) is 0 Å². The van der Waals surface area contributed by atoms with Crippen LogP contribution in [-0.4, -0.2) is 51.3 Å². The van der Waals surface area contributed by atoms with Gasteiger partial charge in [-0.1, -0.05) is 0 Å². The highest BCUT2D eigenvalue weighted by atomic mass is 32.2. The Balaban J connectivity index is 1.94. The number of methoxy groups -OCH3 is 1. The number of halogens is 2. The molecule has 0 bridgehead atoms. The SMILES string of the molecule is COc1cc(-c2nc(N3C[C@@H](O)[C@@H]3C)nc3c2CCC3(F)F)cc(S(C)(=N)=O)c1. The fourth-order valence-corrected chi connectivity index (χ4v) is 4.38. The van der Waals surface area contributed by atoms with Gasteiger partial charge in [-0.05, 0) is 31.5 Å². The van der Waals surface area contributed by atoms with E-state index in [1.165, 1.54) is 25.5 Å². The van der Waals surface area contributed by atoms with Crippen LogP contribution in [0.25, 0.3) is 11.3 Å². The third-order valence-electron chi connectivity index (χ3n) is 5.56. The molecule has 0 saturated carbocycles. The third kappa shape index (κ3) is 3.33. The Morgan fingerprint density at radius 1 is 1.34 bits per heavy atom. The maximum Gasteiger partial charge on any atom is 0.290 e. The van der Waals surface area contributed by atoms with Gasteiger partial charge in [-0.25, -0.2) is 19.0 Å². The molecule has 0 spiro atoms. The van der Waals surface area contributed by atoms with Gasteiger partial charge in [0.25, 0.3) is 5.92 Å². The summed E-state index contributed by atoms with van der Waals surface area (Å²) in [6.45, 7) is 2.04. The molecule has 29 heavy (non-hydrogen) atoms. The smallest absolute Gasteiger partial charge is 0.290 e. The molecule has 1 unspecified atom stereocenters. The Hall–Kier alpha value is -2.33. The predicted molar refractivity (Wildman–Crippen MR) is 104 cm³/mol. The lowest BCUT2D eigenvalue weighted by molar-refractivity contribution is -0.00603. The number of hydrogen-bond acceptors (Lipinski definition) is 7. The van der Waals surface area contributed by atoms with E-state index in [4.69, 9.17) is 9.52 Å². The fraction of sp³-hybridized carbons (Fsp3) is 0.474. The maximum atomic E-state index is 14.5. The number of fused-ring (bicyclic) bond motifs is 1. The largest absolute Gasteiger partial charge is 0.497 e. The van der Waals surface area contributed by atoms with Crippen LogP contribution in [0.1, 0.15) is 24.6 Å². The second-order valence-corrected chi connectivity index (χ2v) is 9.76. The monoisotopic (exact) mass is 424 g/mol. The molecule has 4 rings (SSSR count). The molecule has 2 heterocycles. The number of aliphatic hydroxyl groups is 1. The minimum atomic E-state index is -3.07. The zero-order valence-corrected chi connectivity index (χ0v) is 17.1. The summed E-state index contributed by atoms with van der Waals surface area (Å²) in [5.41, 5.74) is 0.810. The Morgan fingerprint density at radius 2 is 2.07 bits per heavy atom. The van der Waals surface area contributed by atoms with Crippen LogP contribution in [0.2, 0.25) is 0 Å². The van der Waals surface area contributed by atoms with E-state index in [0.29, 0.717) is 22.6 Å². The van der Waals surface area contributed by atoms with Gasteiger partial charge in [-0.3, -0.25) is 0 Å². The van der Waals surface area contributed by atoms with Crippen molar-refractivity contribution < 1.29 is 22.8 Å². The molecule has 156 valence electrons. The normalized spacial score (nSPS) is 24.6. The molecule has 10 heteroatoms. The van der Waals surface area contributed by atoms with Crippen molar-refractivity contribution in [2.24, 2.45) is 0 Å². The average molecular weight is 424 g/mol. The van der Waals surface area contributed by atoms with Crippen LogP contribution in [0.3, 0.4) is 0 Å². The molecule has 1 aliphatic heterocycles. The quantitative estimate of drug-likeness (QED) is 0.783. The number of alkyl halides is 2.